The van der Waals surface area contributed by atoms with E-state index in [9.17, 15) is 27.7 Å². The van der Waals surface area contributed by atoms with E-state index >= 15 is 0 Å². The Morgan fingerprint density at radius 2 is 1.10 bits per heavy atom. The Kier molecular flexibility index (Phi) is 15.9. The number of rotatable bonds is 21. The summed E-state index contributed by atoms with van der Waals surface area (Å²) < 4.78 is 29.8. The van der Waals surface area contributed by atoms with E-state index < -0.39 is 33.2 Å². The van der Waals surface area contributed by atoms with Gasteiger partial charge in [0.1, 0.15) is 4.75 Å². The molecule has 0 heterocycles. The quantitative estimate of drug-likeness (QED) is 0.202. The van der Waals surface area contributed by atoms with Gasteiger partial charge in [0.05, 0.1) is 12.4 Å². The normalized spacial score (nSPS) is 13.8. The molecule has 7 nitrogen and oxygen atoms in total. The molecule has 1 unspecified atom stereocenters. The largest absolute Gasteiger partial charge is 0.548 e. The fourth-order valence-corrected chi connectivity index (χ4v) is 4.77. The molecule has 0 aliphatic heterocycles. The first-order valence-corrected chi connectivity index (χ1v) is 13.1. The van der Waals surface area contributed by atoms with Crippen LogP contribution in [0.2, 0.25) is 0 Å². The third-order valence-electron chi connectivity index (χ3n) is 5.76. The van der Waals surface area contributed by atoms with Crippen LogP contribution >= 0.6 is 0 Å². The van der Waals surface area contributed by atoms with Crippen LogP contribution in [-0.2, 0) is 19.7 Å². The van der Waals surface area contributed by atoms with Crippen LogP contribution in [0.15, 0.2) is 0 Å². The lowest BCUT2D eigenvalue weighted by Gasteiger charge is -2.30. The zero-order chi connectivity index (χ0) is 22.9. The summed E-state index contributed by atoms with van der Waals surface area (Å²) in [5.74, 6) is -3.09. The summed E-state index contributed by atoms with van der Waals surface area (Å²) in [6, 6.07) is 0. The van der Waals surface area contributed by atoms with Crippen LogP contribution in [0.1, 0.15) is 122 Å². The molecule has 0 aromatic carbocycles. The fourth-order valence-electron chi connectivity index (χ4n) is 3.83. The Hall–Kier alpha value is -1.15. The molecular weight excluding hydrogens is 406 g/mol. The molecule has 178 valence electrons. The average Bonchev–Trinajstić information content (AvgIpc) is 2.65. The van der Waals surface area contributed by atoms with Crippen molar-refractivity contribution in [2.24, 2.45) is 5.73 Å². The number of amides is 1. The highest BCUT2D eigenvalue weighted by atomic mass is 32.2. The predicted octanol–water partition coefficient (Wildman–Crippen LogP) is 3.89. The predicted molar refractivity (Wildman–Crippen MR) is 117 cm³/mol. The Bertz CT molecular complexity index is 578. The highest BCUT2D eigenvalue weighted by Crippen LogP contribution is 2.28. The van der Waals surface area contributed by atoms with Crippen LogP contribution in [0.5, 0.6) is 0 Å². The minimum atomic E-state index is -5.00. The topological polar surface area (TPSA) is 138 Å². The maximum absolute atomic E-state index is 11.5. The number of unbranched alkanes of at least 4 members (excludes halogenated alkanes) is 15. The second kappa shape index (κ2) is 16.5. The molecule has 8 heteroatoms. The summed E-state index contributed by atoms with van der Waals surface area (Å²) in [4.78, 5) is 22.4. The van der Waals surface area contributed by atoms with E-state index in [0.717, 1.165) is 19.3 Å². The van der Waals surface area contributed by atoms with Crippen molar-refractivity contribution in [1.29, 1.82) is 0 Å². The number of aliphatic carboxylic acids is 1. The Morgan fingerprint density at radius 3 is 1.37 bits per heavy atom. The smallest absolute Gasteiger partial charge is 0.276 e. The number of carboxylic acids is 1. The summed E-state index contributed by atoms with van der Waals surface area (Å²) >= 11 is 0. The van der Waals surface area contributed by atoms with Gasteiger partial charge >= 0.3 is 0 Å². The van der Waals surface area contributed by atoms with Crippen molar-refractivity contribution in [3.8, 4) is 0 Å². The molecular formula is C22H42NO6S-. The van der Waals surface area contributed by atoms with Crippen LogP contribution in [0, 0.1) is 0 Å². The Labute approximate surface area is 182 Å². The van der Waals surface area contributed by atoms with Crippen molar-refractivity contribution < 1.29 is 27.7 Å². The van der Waals surface area contributed by atoms with E-state index in [2.05, 4.69) is 6.92 Å². The molecule has 0 bridgehead atoms. The van der Waals surface area contributed by atoms with Crippen LogP contribution < -0.4 is 10.8 Å². The van der Waals surface area contributed by atoms with E-state index in [1.807, 2.05) is 0 Å². The lowest BCUT2D eigenvalue weighted by Crippen LogP contribution is -2.55. The number of hydrogen-bond donors (Lipinski definition) is 2. The van der Waals surface area contributed by atoms with E-state index in [1.54, 1.807) is 0 Å². The molecule has 0 saturated heterocycles. The first-order valence-electron chi connectivity index (χ1n) is 11.6. The molecule has 1 atom stereocenters. The molecule has 0 aliphatic rings. The van der Waals surface area contributed by atoms with Crippen LogP contribution in [0.4, 0.5) is 0 Å². The van der Waals surface area contributed by atoms with Gasteiger partial charge in [-0.25, -0.2) is 0 Å². The maximum atomic E-state index is 11.5. The molecule has 0 fully saturated rings. The molecule has 30 heavy (non-hydrogen) atoms. The standard InChI is InChI=1S/C22H43NO6S/c1-2-3-4-5-6-7-8-9-10-11-12-13-14-15-16-17-18-22(21(25)26,19-20(23)24)30(27,28)29/h2-19H2,1H3,(H2,23,24)(H,25,26)(H,27,28,29)/p-1. The van der Waals surface area contributed by atoms with Crippen LogP contribution in [-0.4, -0.2) is 29.6 Å². The van der Waals surface area contributed by atoms with Gasteiger partial charge in [-0.15, -0.1) is 0 Å². The van der Waals surface area contributed by atoms with Crippen molar-refractivity contribution in [1.82, 2.24) is 0 Å². The minimum Gasteiger partial charge on any atom is -0.548 e. The highest BCUT2D eigenvalue weighted by Gasteiger charge is 2.45. The zero-order valence-corrected chi connectivity index (χ0v) is 19.5. The third-order valence-corrected chi connectivity index (χ3v) is 7.26. The number of carbonyl (C=O) groups is 2. The monoisotopic (exact) mass is 448 g/mol. The van der Waals surface area contributed by atoms with Gasteiger partial charge in [0, 0.05) is 0 Å². The van der Waals surface area contributed by atoms with E-state index in [1.165, 1.54) is 70.6 Å². The van der Waals surface area contributed by atoms with Crippen molar-refractivity contribution in [2.45, 2.75) is 127 Å². The van der Waals surface area contributed by atoms with Crippen molar-refractivity contribution in [3.05, 3.63) is 0 Å². The van der Waals surface area contributed by atoms with Gasteiger partial charge in [-0.1, -0.05) is 110 Å². The van der Waals surface area contributed by atoms with Crippen LogP contribution in [0.3, 0.4) is 0 Å². The van der Waals surface area contributed by atoms with Gasteiger partial charge < -0.3 is 15.6 Å². The molecule has 0 spiro atoms. The summed E-state index contributed by atoms with van der Waals surface area (Å²) in [5, 5.41) is 11.3. The van der Waals surface area contributed by atoms with Gasteiger partial charge in [0.15, 0.2) is 0 Å². The summed E-state index contributed by atoms with van der Waals surface area (Å²) in [7, 11) is -5.00. The summed E-state index contributed by atoms with van der Waals surface area (Å²) in [5.41, 5.74) is 4.97. The van der Waals surface area contributed by atoms with Crippen molar-refractivity contribution in [3.63, 3.8) is 0 Å². The second-order valence-corrected chi connectivity index (χ2v) is 10.2. The van der Waals surface area contributed by atoms with Crippen molar-refractivity contribution >= 4 is 22.0 Å². The molecule has 1 amide bonds. The first-order chi connectivity index (χ1) is 14.2. The highest BCUT2D eigenvalue weighted by molar-refractivity contribution is 7.88. The van der Waals surface area contributed by atoms with Gasteiger partial charge in [-0.2, -0.15) is 8.42 Å². The number of carboxylic acid groups (broad SMARTS) is 1. The summed E-state index contributed by atoms with van der Waals surface area (Å²) in [6.45, 7) is 2.23. The second-order valence-electron chi connectivity index (χ2n) is 8.45. The number of carbonyl (C=O) groups excluding carboxylic acids is 2. The Morgan fingerprint density at radius 1 is 0.767 bits per heavy atom. The van der Waals surface area contributed by atoms with E-state index in [-0.39, 0.29) is 12.8 Å². The SMILES string of the molecule is CCCCCCCCCCCCCCCCCCC(CC(N)=O)(C(=O)[O-])S(=O)(=O)O. The zero-order valence-electron chi connectivity index (χ0n) is 18.7. The number of hydrogen-bond acceptors (Lipinski definition) is 5. The van der Waals surface area contributed by atoms with E-state index in [4.69, 9.17) is 5.73 Å². The number of primary amides is 1. The molecule has 0 rings (SSSR count). The molecule has 0 aromatic rings. The summed E-state index contributed by atoms with van der Waals surface area (Å²) in [6.07, 6.45) is 16.8. The molecule has 0 aliphatic carbocycles. The third kappa shape index (κ3) is 12.5. The first kappa shape index (κ1) is 28.9. The maximum Gasteiger partial charge on any atom is 0.276 e. The minimum absolute atomic E-state index is 0.263. The molecule has 0 saturated carbocycles. The van der Waals surface area contributed by atoms with E-state index in [0.29, 0.717) is 6.42 Å². The fraction of sp³-hybridized carbons (Fsp3) is 0.909. The van der Waals surface area contributed by atoms with Gasteiger partial charge in [0.2, 0.25) is 5.91 Å². The lowest BCUT2D eigenvalue weighted by molar-refractivity contribution is -0.309. The van der Waals surface area contributed by atoms with Crippen LogP contribution in [0.25, 0.3) is 0 Å². The Balaban J connectivity index is 3.81. The molecule has 0 aromatic heterocycles. The van der Waals surface area contributed by atoms with Gasteiger partial charge in [0.25, 0.3) is 10.1 Å². The molecule has 3 N–H and O–H groups in total. The lowest BCUT2D eigenvalue weighted by atomic mass is 9.95. The van der Waals surface area contributed by atoms with Gasteiger partial charge in [-0.05, 0) is 6.42 Å². The van der Waals surface area contributed by atoms with Crippen molar-refractivity contribution in [2.75, 3.05) is 0 Å². The number of nitrogens with two attached hydrogens (primary N) is 1. The van der Waals surface area contributed by atoms with Gasteiger partial charge in [-0.3, -0.25) is 9.35 Å². The average molecular weight is 449 g/mol. The molecule has 0 radical (unpaired) electrons.